The molecule has 56 heavy (non-hydrogen) atoms. The zero-order valence-electron chi connectivity index (χ0n) is 31.8. The Balaban J connectivity index is 1.12. The van der Waals surface area contributed by atoms with Gasteiger partial charge in [0, 0.05) is 49.4 Å². The fraction of sp³-hybridized carbons (Fsp3) is 0.137. The van der Waals surface area contributed by atoms with Crippen molar-refractivity contribution in [3.05, 3.63) is 197 Å². The lowest BCUT2D eigenvalue weighted by Crippen LogP contribution is -2.36. The van der Waals surface area contributed by atoms with Gasteiger partial charge >= 0.3 is 0 Å². The van der Waals surface area contributed by atoms with E-state index in [9.17, 15) is 0 Å². The van der Waals surface area contributed by atoms with Gasteiger partial charge in [-0.2, -0.15) is 0 Å². The molecule has 11 rings (SSSR count). The van der Waals surface area contributed by atoms with Crippen molar-refractivity contribution < 1.29 is 4.74 Å². The number of nitrogens with one attached hydrogen (secondary N) is 1. The molecule has 0 spiro atoms. The van der Waals surface area contributed by atoms with Crippen molar-refractivity contribution in [3.8, 4) is 28.3 Å². The van der Waals surface area contributed by atoms with Crippen molar-refractivity contribution in [1.82, 2.24) is 9.88 Å². The molecule has 2 aliphatic heterocycles. The molecule has 0 saturated carbocycles. The first-order chi connectivity index (χ1) is 27.3. The maximum atomic E-state index is 7.34. The van der Waals surface area contributed by atoms with Crippen LogP contribution in [-0.4, -0.2) is 16.2 Å². The average Bonchev–Trinajstić information content (AvgIpc) is 3.68. The van der Waals surface area contributed by atoms with Crippen molar-refractivity contribution >= 4 is 33.5 Å². The fourth-order valence-corrected chi connectivity index (χ4v) is 9.41. The predicted octanol–water partition coefficient (Wildman–Crippen LogP) is 12.0. The minimum atomic E-state index is -0.527. The Morgan fingerprint density at radius 1 is 0.500 bits per heavy atom. The van der Waals surface area contributed by atoms with E-state index in [0.29, 0.717) is 0 Å². The number of ether oxygens (including phenoxy) is 1. The van der Waals surface area contributed by atoms with Gasteiger partial charge in [-0.1, -0.05) is 161 Å². The van der Waals surface area contributed by atoms with Crippen molar-refractivity contribution in [1.29, 1.82) is 0 Å². The van der Waals surface area contributed by atoms with Crippen LogP contribution < -0.4 is 10.1 Å². The number of para-hydroxylation sites is 3. The van der Waals surface area contributed by atoms with Gasteiger partial charge in [-0.15, -0.1) is 0 Å². The standard InChI is InChI=1S/C51H40N4O/c1-50(2)38-24-13-11-21-33(38)36-29-37-34-22-12-14-27-42(34)55(44(37)30-41(36)50)43-28-16-26-40-46(43)56-45-35(23-15-25-39(45)51(40,3)4)49-53-47(31-17-7-5-8-18-31)52-48(54-49)32-19-9-6-10-20-32/h5-30,49H,1-4H3,(H,52,53,54). The summed E-state index contributed by atoms with van der Waals surface area (Å²) in [6.07, 6.45) is -0.527. The van der Waals surface area contributed by atoms with Crippen LogP contribution in [0.4, 0.5) is 0 Å². The molecule has 3 heterocycles. The van der Waals surface area contributed by atoms with Crippen LogP contribution in [0.25, 0.3) is 38.6 Å². The second-order valence-corrected chi connectivity index (χ2v) is 16.2. The van der Waals surface area contributed by atoms with Crippen LogP contribution in [0.5, 0.6) is 11.5 Å². The minimum Gasteiger partial charge on any atom is -0.454 e. The molecule has 1 aromatic heterocycles. The summed E-state index contributed by atoms with van der Waals surface area (Å²) in [6.45, 7) is 9.31. The molecular weight excluding hydrogens is 685 g/mol. The fourth-order valence-electron chi connectivity index (χ4n) is 9.41. The first-order valence-corrected chi connectivity index (χ1v) is 19.5. The van der Waals surface area contributed by atoms with Crippen LogP contribution in [-0.2, 0) is 10.8 Å². The Morgan fingerprint density at radius 2 is 1.09 bits per heavy atom. The van der Waals surface area contributed by atoms with Crippen molar-refractivity contribution in [2.24, 2.45) is 9.98 Å². The Labute approximate surface area is 326 Å². The average molecular weight is 725 g/mol. The van der Waals surface area contributed by atoms with Crippen molar-refractivity contribution in [3.63, 3.8) is 0 Å². The largest absolute Gasteiger partial charge is 0.454 e. The first kappa shape index (κ1) is 32.7. The van der Waals surface area contributed by atoms with Crippen LogP contribution in [0.2, 0.25) is 0 Å². The van der Waals surface area contributed by atoms with Crippen LogP contribution in [0.15, 0.2) is 168 Å². The number of hydrogen-bond acceptors (Lipinski definition) is 4. The summed E-state index contributed by atoms with van der Waals surface area (Å²) in [5, 5.41) is 6.01. The highest BCUT2D eigenvalue weighted by Gasteiger charge is 2.40. The highest BCUT2D eigenvalue weighted by molar-refractivity contribution is 6.16. The summed E-state index contributed by atoms with van der Waals surface area (Å²) in [7, 11) is 0. The molecule has 8 aromatic rings. The molecule has 0 saturated heterocycles. The molecule has 1 N–H and O–H groups in total. The maximum absolute atomic E-state index is 7.34. The van der Waals surface area contributed by atoms with Gasteiger partial charge in [-0.3, -0.25) is 0 Å². The van der Waals surface area contributed by atoms with Crippen LogP contribution >= 0.6 is 0 Å². The van der Waals surface area contributed by atoms with E-state index >= 15 is 0 Å². The zero-order chi connectivity index (χ0) is 37.8. The third-order valence-corrected chi connectivity index (χ3v) is 12.3. The van der Waals surface area contributed by atoms with Gasteiger partial charge < -0.3 is 14.6 Å². The second-order valence-electron chi connectivity index (χ2n) is 16.2. The van der Waals surface area contributed by atoms with E-state index in [1.54, 1.807) is 0 Å². The van der Waals surface area contributed by atoms with Crippen LogP contribution in [0.1, 0.15) is 72.8 Å². The summed E-state index contributed by atoms with van der Waals surface area (Å²) in [4.78, 5) is 10.5. The molecule has 0 fully saturated rings. The van der Waals surface area contributed by atoms with E-state index in [1.807, 2.05) is 36.4 Å². The molecular formula is C51H40N4O. The number of rotatable bonds is 4. The molecule has 3 aliphatic rings. The molecule has 0 amide bonds. The van der Waals surface area contributed by atoms with Gasteiger partial charge in [0.25, 0.3) is 0 Å². The molecule has 0 atom stereocenters. The van der Waals surface area contributed by atoms with Gasteiger partial charge in [0.2, 0.25) is 0 Å². The van der Waals surface area contributed by atoms with Crippen molar-refractivity contribution in [2.45, 2.75) is 44.7 Å². The molecule has 5 heteroatoms. The van der Waals surface area contributed by atoms with E-state index in [4.69, 9.17) is 14.7 Å². The summed E-state index contributed by atoms with van der Waals surface area (Å²) in [5.41, 5.74) is 13.4. The van der Waals surface area contributed by atoms with Gasteiger partial charge in [0.05, 0.1) is 16.7 Å². The minimum absolute atomic E-state index is 0.128. The third-order valence-electron chi connectivity index (χ3n) is 12.3. The number of benzene rings is 7. The lowest BCUT2D eigenvalue weighted by atomic mass is 9.74. The maximum Gasteiger partial charge on any atom is 0.173 e. The van der Waals surface area contributed by atoms with E-state index in [-0.39, 0.29) is 10.8 Å². The van der Waals surface area contributed by atoms with E-state index in [2.05, 4.69) is 159 Å². The quantitative estimate of drug-likeness (QED) is 0.196. The number of aromatic nitrogens is 1. The molecule has 0 unspecified atom stereocenters. The SMILES string of the molecule is CC1(C)c2ccccc2-c2cc3c4ccccc4n(-c4cccc5c4Oc4c(C6N=C(c7ccccc7)NC(c7ccccc7)=N6)cccc4C5(C)C)c3cc21. The van der Waals surface area contributed by atoms with Gasteiger partial charge in [-0.05, 0) is 46.5 Å². The zero-order valence-corrected chi connectivity index (χ0v) is 31.8. The van der Waals surface area contributed by atoms with E-state index in [1.165, 1.54) is 38.5 Å². The smallest absolute Gasteiger partial charge is 0.173 e. The Bertz CT molecular complexity index is 2910. The normalized spacial score (nSPS) is 16.2. The summed E-state index contributed by atoms with van der Waals surface area (Å²) < 4.78 is 9.76. The van der Waals surface area contributed by atoms with Crippen molar-refractivity contribution in [2.75, 3.05) is 0 Å². The number of hydrogen-bond donors (Lipinski definition) is 1. The summed E-state index contributed by atoms with van der Waals surface area (Å²) in [5.74, 6) is 3.23. The number of fused-ring (bicyclic) bond motifs is 8. The monoisotopic (exact) mass is 724 g/mol. The van der Waals surface area contributed by atoms with Crippen LogP contribution in [0, 0.1) is 0 Å². The highest BCUT2D eigenvalue weighted by Crippen LogP contribution is 2.55. The van der Waals surface area contributed by atoms with E-state index < -0.39 is 6.17 Å². The topological polar surface area (TPSA) is 50.9 Å². The highest BCUT2D eigenvalue weighted by atomic mass is 16.5. The molecule has 270 valence electrons. The third kappa shape index (κ3) is 4.67. The van der Waals surface area contributed by atoms with Gasteiger partial charge in [0.15, 0.2) is 11.9 Å². The molecule has 7 aromatic carbocycles. The number of aliphatic imine (C=N–C) groups is 2. The Kier molecular flexibility index (Phi) is 6.94. The second kappa shape index (κ2) is 11.9. The molecule has 0 radical (unpaired) electrons. The summed E-state index contributed by atoms with van der Waals surface area (Å²) in [6, 6.07) is 56.1. The number of amidine groups is 2. The summed E-state index contributed by atoms with van der Waals surface area (Å²) >= 11 is 0. The lowest BCUT2D eigenvalue weighted by molar-refractivity contribution is 0.408. The van der Waals surface area contributed by atoms with Gasteiger partial charge in [0.1, 0.15) is 17.4 Å². The predicted molar refractivity (Wildman–Crippen MR) is 229 cm³/mol. The molecule has 1 aliphatic carbocycles. The first-order valence-electron chi connectivity index (χ1n) is 19.5. The molecule has 0 bridgehead atoms. The lowest BCUT2D eigenvalue weighted by Gasteiger charge is -2.37. The van der Waals surface area contributed by atoms with Crippen LogP contribution in [0.3, 0.4) is 0 Å². The van der Waals surface area contributed by atoms with Gasteiger partial charge in [-0.25, -0.2) is 9.98 Å². The van der Waals surface area contributed by atoms with E-state index in [0.717, 1.165) is 62.2 Å². The molecule has 5 nitrogen and oxygen atoms in total. The Hall–Kier alpha value is -6.72. The Morgan fingerprint density at radius 3 is 1.82 bits per heavy atom. The number of nitrogens with zero attached hydrogens (tertiary/aromatic N) is 3.